The van der Waals surface area contributed by atoms with E-state index < -0.39 is 17.7 Å². The topological polar surface area (TPSA) is 41.1 Å². The Kier molecular flexibility index (Phi) is 3.54. The number of nitrogens with one attached hydrogen (secondary N) is 2. The van der Waals surface area contributed by atoms with E-state index in [0.29, 0.717) is 6.54 Å². The number of rotatable bonds is 3. The number of urea groups is 1. The van der Waals surface area contributed by atoms with E-state index in [1.807, 2.05) is 0 Å². The second-order valence-electron chi connectivity index (χ2n) is 7.85. The Bertz CT molecular complexity index is 596. The predicted octanol–water partition coefficient (Wildman–Crippen LogP) is 4.30. The molecule has 4 bridgehead atoms. The van der Waals surface area contributed by atoms with Crippen LogP contribution in [0.3, 0.4) is 0 Å². The summed E-state index contributed by atoms with van der Waals surface area (Å²) in [4.78, 5) is 12.1. The normalized spacial score (nSPS) is 34.4. The summed E-state index contributed by atoms with van der Waals surface area (Å²) < 4.78 is 26.5. The highest BCUT2D eigenvalue weighted by atomic mass is 19.1. The minimum atomic E-state index is -0.755. The summed E-state index contributed by atoms with van der Waals surface area (Å²) >= 11 is 0. The summed E-state index contributed by atoms with van der Waals surface area (Å²) in [5.41, 5.74) is 0.252. The van der Waals surface area contributed by atoms with E-state index in [1.165, 1.54) is 44.6 Å². The van der Waals surface area contributed by atoms with Crippen molar-refractivity contribution in [3.05, 3.63) is 29.8 Å². The lowest BCUT2D eigenvalue weighted by atomic mass is 9.49. The van der Waals surface area contributed by atoms with Gasteiger partial charge < -0.3 is 10.6 Å². The van der Waals surface area contributed by atoms with Gasteiger partial charge in [-0.1, -0.05) is 0 Å². The number of carbonyl (C=O) groups excluding carboxylic acids is 1. The molecule has 0 radical (unpaired) electrons. The van der Waals surface area contributed by atoms with E-state index >= 15 is 0 Å². The average Bonchev–Trinajstić information content (AvgIpc) is 2.47. The maximum absolute atomic E-state index is 13.6. The van der Waals surface area contributed by atoms with Crippen LogP contribution in [0.15, 0.2) is 18.2 Å². The molecular formula is C18H22F2N2O. The van der Waals surface area contributed by atoms with Crippen molar-refractivity contribution in [3.8, 4) is 0 Å². The third-order valence-electron chi connectivity index (χ3n) is 5.97. The number of carbonyl (C=O) groups is 1. The van der Waals surface area contributed by atoms with E-state index in [1.54, 1.807) is 0 Å². The maximum atomic E-state index is 13.6. The highest BCUT2D eigenvalue weighted by Gasteiger charge is 2.50. The number of halogens is 2. The summed E-state index contributed by atoms with van der Waals surface area (Å²) in [6, 6.07) is 2.74. The molecule has 124 valence electrons. The summed E-state index contributed by atoms with van der Waals surface area (Å²) in [5, 5.41) is 5.40. The number of hydrogen-bond donors (Lipinski definition) is 2. The van der Waals surface area contributed by atoms with E-state index in [-0.39, 0.29) is 11.1 Å². The number of amides is 2. The Labute approximate surface area is 134 Å². The van der Waals surface area contributed by atoms with Crippen molar-refractivity contribution in [2.24, 2.45) is 23.2 Å². The molecule has 5 heteroatoms. The molecule has 4 aliphatic carbocycles. The van der Waals surface area contributed by atoms with Crippen LogP contribution in [0.1, 0.15) is 38.5 Å². The van der Waals surface area contributed by atoms with Crippen LogP contribution in [0.4, 0.5) is 19.3 Å². The Morgan fingerprint density at radius 2 is 1.70 bits per heavy atom. The molecule has 23 heavy (non-hydrogen) atoms. The monoisotopic (exact) mass is 320 g/mol. The third kappa shape index (κ3) is 2.93. The second-order valence-corrected chi connectivity index (χ2v) is 7.85. The van der Waals surface area contributed by atoms with Crippen molar-refractivity contribution in [1.82, 2.24) is 5.32 Å². The third-order valence-corrected chi connectivity index (χ3v) is 5.97. The Balaban J connectivity index is 1.36. The van der Waals surface area contributed by atoms with Crippen molar-refractivity contribution in [1.29, 1.82) is 0 Å². The van der Waals surface area contributed by atoms with Gasteiger partial charge in [-0.25, -0.2) is 13.6 Å². The van der Waals surface area contributed by atoms with Crippen LogP contribution < -0.4 is 10.6 Å². The van der Waals surface area contributed by atoms with Crippen LogP contribution in [0.5, 0.6) is 0 Å². The van der Waals surface area contributed by atoms with Gasteiger partial charge >= 0.3 is 6.03 Å². The second kappa shape index (κ2) is 5.46. The number of anilines is 1. The molecular weight excluding hydrogens is 298 g/mol. The molecule has 3 nitrogen and oxygen atoms in total. The lowest BCUT2D eigenvalue weighted by Gasteiger charge is -2.56. The van der Waals surface area contributed by atoms with Crippen molar-refractivity contribution < 1.29 is 13.6 Å². The van der Waals surface area contributed by atoms with Gasteiger partial charge in [0.2, 0.25) is 0 Å². The molecule has 0 unspecified atom stereocenters. The number of hydrogen-bond acceptors (Lipinski definition) is 1. The van der Waals surface area contributed by atoms with Gasteiger partial charge in [0.25, 0.3) is 0 Å². The number of benzene rings is 1. The van der Waals surface area contributed by atoms with E-state index in [0.717, 1.165) is 29.9 Å². The molecule has 2 amide bonds. The highest BCUT2D eigenvalue weighted by Crippen LogP contribution is 2.59. The zero-order valence-corrected chi connectivity index (χ0v) is 13.1. The fourth-order valence-corrected chi connectivity index (χ4v) is 5.53. The quantitative estimate of drug-likeness (QED) is 0.856. The van der Waals surface area contributed by atoms with Gasteiger partial charge in [-0.2, -0.15) is 0 Å². The molecule has 2 N–H and O–H groups in total. The Morgan fingerprint density at radius 1 is 1.09 bits per heavy atom. The smallest absolute Gasteiger partial charge is 0.319 e. The molecule has 0 spiro atoms. The lowest BCUT2D eigenvalue weighted by Crippen LogP contribution is -2.51. The van der Waals surface area contributed by atoms with Crippen molar-refractivity contribution in [2.75, 3.05) is 11.9 Å². The van der Waals surface area contributed by atoms with Crippen LogP contribution in [-0.4, -0.2) is 12.6 Å². The molecule has 0 aromatic heterocycles. The van der Waals surface area contributed by atoms with Crippen LogP contribution in [0.25, 0.3) is 0 Å². The molecule has 0 aliphatic heterocycles. The van der Waals surface area contributed by atoms with E-state index in [2.05, 4.69) is 10.6 Å². The van der Waals surface area contributed by atoms with Gasteiger partial charge in [-0.05, 0) is 73.8 Å². The van der Waals surface area contributed by atoms with E-state index in [4.69, 9.17) is 0 Å². The first-order chi connectivity index (χ1) is 11.0. The van der Waals surface area contributed by atoms with Crippen LogP contribution >= 0.6 is 0 Å². The summed E-state index contributed by atoms with van der Waals surface area (Å²) in [6.07, 6.45) is 7.74. The molecule has 5 rings (SSSR count). The zero-order chi connectivity index (χ0) is 16.0. The van der Waals surface area contributed by atoms with Crippen molar-refractivity contribution >= 4 is 11.7 Å². The molecule has 4 saturated carbocycles. The molecule has 4 aliphatic rings. The zero-order valence-electron chi connectivity index (χ0n) is 13.1. The Morgan fingerprint density at radius 3 is 2.26 bits per heavy atom. The van der Waals surface area contributed by atoms with Crippen LogP contribution in [0, 0.1) is 34.8 Å². The average molecular weight is 320 g/mol. The largest absolute Gasteiger partial charge is 0.337 e. The first kappa shape index (κ1) is 14.9. The lowest BCUT2D eigenvalue weighted by molar-refractivity contribution is -0.0496. The van der Waals surface area contributed by atoms with Gasteiger partial charge in [-0.3, -0.25) is 0 Å². The van der Waals surface area contributed by atoms with Gasteiger partial charge in [-0.15, -0.1) is 0 Å². The maximum Gasteiger partial charge on any atom is 0.319 e. The molecule has 1 aromatic rings. The highest BCUT2D eigenvalue weighted by molar-refractivity contribution is 5.89. The van der Waals surface area contributed by atoms with Crippen LogP contribution in [0.2, 0.25) is 0 Å². The minimum absolute atomic E-state index is 0.00871. The van der Waals surface area contributed by atoms with Gasteiger partial charge in [0.15, 0.2) is 0 Å². The van der Waals surface area contributed by atoms with Gasteiger partial charge in [0, 0.05) is 12.6 Å². The Hall–Kier alpha value is -1.65. The van der Waals surface area contributed by atoms with Crippen LogP contribution in [-0.2, 0) is 0 Å². The first-order valence-corrected chi connectivity index (χ1v) is 8.51. The van der Waals surface area contributed by atoms with Crippen molar-refractivity contribution in [3.63, 3.8) is 0 Å². The predicted molar refractivity (Wildman–Crippen MR) is 84.0 cm³/mol. The standard InChI is InChI=1S/C18H22F2N2O/c19-14-1-2-16(15(20)6-14)22-17(23)21-10-18-7-11-3-12(8-18)5-13(4-11)9-18/h1-2,6,11-13H,3-5,7-10H2,(H2,21,22,23). The summed E-state index contributed by atoms with van der Waals surface area (Å²) in [5.74, 6) is 1.10. The summed E-state index contributed by atoms with van der Waals surface area (Å²) in [6.45, 7) is 0.658. The molecule has 0 atom stereocenters. The molecule has 1 aromatic carbocycles. The summed E-state index contributed by atoms with van der Waals surface area (Å²) in [7, 11) is 0. The molecule has 0 heterocycles. The molecule has 4 fully saturated rings. The minimum Gasteiger partial charge on any atom is -0.337 e. The molecule has 0 saturated heterocycles. The first-order valence-electron chi connectivity index (χ1n) is 8.51. The van der Waals surface area contributed by atoms with E-state index in [9.17, 15) is 13.6 Å². The van der Waals surface area contributed by atoms with Gasteiger partial charge in [0.1, 0.15) is 11.6 Å². The fourth-order valence-electron chi connectivity index (χ4n) is 5.53. The van der Waals surface area contributed by atoms with Crippen molar-refractivity contribution in [2.45, 2.75) is 38.5 Å². The SMILES string of the molecule is O=C(NCC12CC3CC(CC(C3)C1)C2)Nc1ccc(F)cc1F. The fraction of sp³-hybridized carbons (Fsp3) is 0.611. The van der Waals surface area contributed by atoms with Gasteiger partial charge in [0.05, 0.1) is 5.69 Å².